The minimum atomic E-state index is -0.570. The molecule has 0 heterocycles. The summed E-state index contributed by atoms with van der Waals surface area (Å²) in [7, 11) is 0. The lowest BCUT2D eigenvalue weighted by Crippen LogP contribution is -2.35. The number of ether oxygens (including phenoxy) is 1. The molecule has 3 N–H and O–H groups in total. The molecule has 7 nitrogen and oxygen atoms in total. The third kappa shape index (κ3) is 9.58. The Labute approximate surface area is 178 Å². The van der Waals surface area contributed by atoms with Crippen LogP contribution in [0, 0.1) is 0 Å². The molecular formula is C23H33N3O4. The summed E-state index contributed by atoms with van der Waals surface area (Å²) >= 11 is 0. The van der Waals surface area contributed by atoms with E-state index in [1.165, 1.54) is 12.0 Å². The summed E-state index contributed by atoms with van der Waals surface area (Å²) in [5.41, 5.74) is 2.22. The van der Waals surface area contributed by atoms with Crippen LogP contribution in [-0.2, 0) is 20.9 Å². The van der Waals surface area contributed by atoms with Gasteiger partial charge in [-0.15, -0.1) is 0 Å². The predicted octanol–water partition coefficient (Wildman–Crippen LogP) is 4.05. The van der Waals surface area contributed by atoms with Crippen molar-refractivity contribution in [2.45, 2.75) is 71.4 Å². The van der Waals surface area contributed by atoms with Crippen molar-refractivity contribution in [2.24, 2.45) is 0 Å². The molecule has 1 aliphatic rings. The van der Waals surface area contributed by atoms with Gasteiger partial charge in [-0.3, -0.25) is 9.59 Å². The van der Waals surface area contributed by atoms with E-state index < -0.39 is 11.7 Å². The molecule has 1 fully saturated rings. The van der Waals surface area contributed by atoms with Crippen LogP contribution in [0.3, 0.4) is 0 Å². The van der Waals surface area contributed by atoms with Crippen LogP contribution in [-0.4, -0.2) is 30.1 Å². The molecule has 0 saturated heterocycles. The molecular weight excluding hydrogens is 382 g/mol. The van der Waals surface area contributed by atoms with Crippen LogP contribution in [0.4, 0.5) is 10.5 Å². The maximum Gasteiger partial charge on any atom is 0.407 e. The van der Waals surface area contributed by atoms with E-state index in [-0.39, 0.29) is 24.8 Å². The highest BCUT2D eigenvalue weighted by molar-refractivity contribution is 5.99. The van der Waals surface area contributed by atoms with Crippen LogP contribution in [0.2, 0.25) is 0 Å². The lowest BCUT2D eigenvalue weighted by Gasteiger charge is -2.19. The average Bonchev–Trinajstić information content (AvgIpc) is 2.66. The fourth-order valence-corrected chi connectivity index (χ4v) is 3.15. The molecule has 2 rings (SSSR count). The van der Waals surface area contributed by atoms with E-state index in [1.807, 2.05) is 24.3 Å². The molecule has 0 spiro atoms. The minimum absolute atomic E-state index is 0.110. The first-order valence-corrected chi connectivity index (χ1v) is 10.5. The molecule has 1 aliphatic carbocycles. The highest BCUT2D eigenvalue weighted by Gasteiger charge is 2.15. The van der Waals surface area contributed by atoms with Gasteiger partial charge in [0.25, 0.3) is 0 Å². The number of nitrogens with one attached hydrogen (secondary N) is 3. The summed E-state index contributed by atoms with van der Waals surface area (Å²) in [6.45, 7) is 5.88. The number of carbonyl (C=O) groups is 3. The Morgan fingerprint density at radius 1 is 1.07 bits per heavy atom. The van der Waals surface area contributed by atoms with Crippen LogP contribution in [0.1, 0.15) is 64.9 Å². The van der Waals surface area contributed by atoms with Crippen molar-refractivity contribution in [3.05, 3.63) is 41.5 Å². The van der Waals surface area contributed by atoms with Crippen molar-refractivity contribution in [1.29, 1.82) is 0 Å². The van der Waals surface area contributed by atoms with Crippen LogP contribution in [0.15, 0.2) is 35.9 Å². The van der Waals surface area contributed by atoms with Crippen molar-refractivity contribution in [2.75, 3.05) is 11.9 Å². The fourth-order valence-electron chi connectivity index (χ4n) is 3.15. The van der Waals surface area contributed by atoms with Gasteiger partial charge < -0.3 is 20.7 Å². The molecule has 0 aromatic heterocycles. The Morgan fingerprint density at radius 3 is 2.50 bits per heavy atom. The zero-order valence-corrected chi connectivity index (χ0v) is 18.2. The molecule has 164 valence electrons. The standard InChI is InChI=1S/C23H33N3O4/c1-23(2,3)30-22(29)24-13-12-20(27)25-16-18-10-7-11-19(14-18)26-21(28)15-17-8-5-4-6-9-17/h7,10-11,14-15H,4-6,8-9,12-13,16H2,1-3H3,(H,24,29)(H,25,27)(H,26,28). The molecule has 0 atom stereocenters. The highest BCUT2D eigenvalue weighted by atomic mass is 16.6. The Bertz CT molecular complexity index is 773. The summed E-state index contributed by atoms with van der Waals surface area (Å²) < 4.78 is 5.12. The van der Waals surface area contributed by atoms with Crippen LogP contribution in [0.5, 0.6) is 0 Å². The highest BCUT2D eigenvalue weighted by Crippen LogP contribution is 2.22. The summed E-state index contributed by atoms with van der Waals surface area (Å²) in [6.07, 6.45) is 6.88. The van der Waals surface area contributed by atoms with Crippen molar-refractivity contribution < 1.29 is 19.1 Å². The van der Waals surface area contributed by atoms with E-state index in [2.05, 4.69) is 16.0 Å². The molecule has 30 heavy (non-hydrogen) atoms. The van der Waals surface area contributed by atoms with Gasteiger partial charge in [0, 0.05) is 31.3 Å². The Balaban J connectivity index is 1.73. The van der Waals surface area contributed by atoms with E-state index in [4.69, 9.17) is 4.74 Å². The number of hydrogen-bond acceptors (Lipinski definition) is 4. The number of alkyl carbamates (subject to hydrolysis) is 1. The summed E-state index contributed by atoms with van der Waals surface area (Å²) in [6, 6.07) is 7.40. The van der Waals surface area contributed by atoms with E-state index in [0.717, 1.165) is 31.2 Å². The van der Waals surface area contributed by atoms with E-state index >= 15 is 0 Å². The number of benzene rings is 1. The molecule has 1 saturated carbocycles. The first-order valence-electron chi connectivity index (χ1n) is 10.5. The van der Waals surface area contributed by atoms with E-state index in [9.17, 15) is 14.4 Å². The van der Waals surface area contributed by atoms with Crippen LogP contribution < -0.4 is 16.0 Å². The van der Waals surface area contributed by atoms with Gasteiger partial charge in [0.05, 0.1) is 0 Å². The quantitative estimate of drug-likeness (QED) is 0.586. The molecule has 0 unspecified atom stereocenters. The molecule has 0 radical (unpaired) electrons. The van der Waals surface area contributed by atoms with Crippen LogP contribution >= 0.6 is 0 Å². The summed E-state index contributed by atoms with van der Waals surface area (Å²) in [4.78, 5) is 35.8. The minimum Gasteiger partial charge on any atom is -0.444 e. The number of carbonyl (C=O) groups excluding carboxylic acids is 3. The van der Waals surface area contributed by atoms with E-state index in [0.29, 0.717) is 12.2 Å². The summed E-state index contributed by atoms with van der Waals surface area (Å²) in [5.74, 6) is -0.288. The third-order valence-electron chi connectivity index (χ3n) is 4.54. The molecule has 0 bridgehead atoms. The average molecular weight is 416 g/mol. The lowest BCUT2D eigenvalue weighted by molar-refractivity contribution is -0.121. The largest absolute Gasteiger partial charge is 0.444 e. The van der Waals surface area contributed by atoms with Crippen molar-refractivity contribution >= 4 is 23.6 Å². The number of amides is 3. The number of allylic oxidation sites excluding steroid dienone is 1. The normalized spacial score (nSPS) is 13.9. The predicted molar refractivity (Wildman–Crippen MR) is 117 cm³/mol. The SMILES string of the molecule is CC(C)(C)OC(=O)NCCC(=O)NCc1cccc(NC(=O)C=C2CCCCC2)c1. The Kier molecular flexibility index (Phi) is 8.89. The van der Waals surface area contributed by atoms with E-state index in [1.54, 1.807) is 26.8 Å². The van der Waals surface area contributed by atoms with Gasteiger partial charge in [-0.2, -0.15) is 0 Å². The van der Waals surface area contributed by atoms with Gasteiger partial charge in [-0.1, -0.05) is 24.1 Å². The van der Waals surface area contributed by atoms with Gasteiger partial charge in [-0.05, 0) is 64.2 Å². The smallest absolute Gasteiger partial charge is 0.407 e. The van der Waals surface area contributed by atoms with Crippen molar-refractivity contribution in [3.8, 4) is 0 Å². The maximum atomic E-state index is 12.2. The number of hydrogen-bond donors (Lipinski definition) is 3. The monoisotopic (exact) mass is 415 g/mol. The van der Waals surface area contributed by atoms with Gasteiger partial charge in [0.2, 0.25) is 11.8 Å². The fraction of sp³-hybridized carbons (Fsp3) is 0.522. The number of rotatable bonds is 7. The number of anilines is 1. The van der Waals surface area contributed by atoms with Gasteiger partial charge in [-0.25, -0.2) is 4.79 Å². The van der Waals surface area contributed by atoms with Gasteiger partial charge >= 0.3 is 6.09 Å². The van der Waals surface area contributed by atoms with Crippen molar-refractivity contribution in [3.63, 3.8) is 0 Å². The topological polar surface area (TPSA) is 96.5 Å². The molecule has 7 heteroatoms. The first kappa shape index (κ1) is 23.4. The van der Waals surface area contributed by atoms with Crippen LogP contribution in [0.25, 0.3) is 0 Å². The second kappa shape index (κ2) is 11.4. The summed E-state index contributed by atoms with van der Waals surface area (Å²) in [5, 5.41) is 8.26. The molecule has 3 amide bonds. The first-order chi connectivity index (χ1) is 14.2. The molecule has 0 aliphatic heterocycles. The zero-order chi connectivity index (χ0) is 22.0. The molecule has 1 aromatic rings. The van der Waals surface area contributed by atoms with Gasteiger partial charge in [0.15, 0.2) is 0 Å². The van der Waals surface area contributed by atoms with Gasteiger partial charge in [0.1, 0.15) is 5.60 Å². The van der Waals surface area contributed by atoms with Crippen molar-refractivity contribution in [1.82, 2.24) is 10.6 Å². The second-order valence-electron chi connectivity index (χ2n) is 8.51. The Morgan fingerprint density at radius 2 is 1.80 bits per heavy atom. The second-order valence-corrected chi connectivity index (χ2v) is 8.51. The Hall–Kier alpha value is -2.83. The zero-order valence-electron chi connectivity index (χ0n) is 18.2. The third-order valence-corrected chi connectivity index (χ3v) is 4.54. The molecule has 1 aromatic carbocycles. The lowest BCUT2D eigenvalue weighted by atomic mass is 9.94. The maximum absolute atomic E-state index is 12.2.